The number of nitrogens with zero attached hydrogens (tertiary/aromatic N) is 3. The number of carbonyl (C=O) groups excluding carboxylic acids is 1. The number of thioether (sulfide) groups is 1. The first-order valence-corrected chi connectivity index (χ1v) is 9.78. The molecule has 1 saturated heterocycles. The van der Waals surface area contributed by atoms with Crippen LogP contribution in [0.25, 0.3) is 0 Å². The second-order valence-corrected chi connectivity index (χ2v) is 8.44. The summed E-state index contributed by atoms with van der Waals surface area (Å²) in [4.78, 5) is 15.9. The van der Waals surface area contributed by atoms with E-state index in [-0.39, 0.29) is 16.0 Å². The topological polar surface area (TPSA) is 70.1 Å². The largest absolute Gasteiger partial charge is 0.382 e. The number of halogens is 1. The highest BCUT2D eigenvalue weighted by Gasteiger charge is 2.34. The van der Waals surface area contributed by atoms with E-state index in [1.165, 1.54) is 17.0 Å². The van der Waals surface area contributed by atoms with Crippen LogP contribution in [-0.4, -0.2) is 49.9 Å². The van der Waals surface area contributed by atoms with Gasteiger partial charge in [0.25, 0.3) is 15.9 Å². The Bertz CT molecular complexity index is 771. The van der Waals surface area contributed by atoms with Crippen molar-refractivity contribution in [1.82, 2.24) is 9.80 Å². The van der Waals surface area contributed by atoms with Crippen LogP contribution in [-0.2, 0) is 14.8 Å². The maximum atomic E-state index is 12.4. The summed E-state index contributed by atoms with van der Waals surface area (Å²) in [6.45, 7) is 2.13. The van der Waals surface area contributed by atoms with Gasteiger partial charge >= 0.3 is 0 Å². The van der Waals surface area contributed by atoms with Crippen LogP contribution in [0.2, 0.25) is 0 Å². The molecular formula is C14H16BrN3O3S2. The molecule has 0 N–H and O–H groups in total. The Balaban J connectivity index is 2.41. The van der Waals surface area contributed by atoms with Gasteiger partial charge in [-0.05, 0) is 43.0 Å². The summed E-state index contributed by atoms with van der Waals surface area (Å²) >= 11 is 4.32. The van der Waals surface area contributed by atoms with Gasteiger partial charge in [0, 0.05) is 31.3 Å². The van der Waals surface area contributed by atoms with E-state index in [4.69, 9.17) is 0 Å². The maximum absolute atomic E-state index is 12.4. The molecule has 0 unspecified atom stereocenters. The lowest BCUT2D eigenvalue weighted by atomic mass is 10.4. The number of carbonyl (C=O) groups is 1. The normalized spacial score (nSPS) is 19.0. The molecule has 1 fully saturated rings. The maximum Gasteiger partial charge on any atom is 0.284 e. The molecule has 0 radical (unpaired) electrons. The zero-order chi connectivity index (χ0) is 17.2. The standard InChI is InChI=1S/C14H16BrN3O3S2/c1-4-18-13(19)12(9-17(2)3)22-14(18)16-23(20,21)11-7-5-10(15)6-8-11/h5-9H,4H2,1-3H3/b12-9+,16-14+. The molecular weight excluding hydrogens is 402 g/mol. The third-order valence-electron chi connectivity index (χ3n) is 2.89. The summed E-state index contributed by atoms with van der Waals surface area (Å²) in [5.41, 5.74) is 0. The molecule has 6 nitrogen and oxygen atoms in total. The minimum absolute atomic E-state index is 0.0855. The van der Waals surface area contributed by atoms with Gasteiger partial charge in [-0.25, -0.2) is 0 Å². The molecule has 1 aliphatic rings. The molecule has 1 aliphatic heterocycles. The zero-order valence-corrected chi connectivity index (χ0v) is 16.1. The monoisotopic (exact) mass is 417 g/mol. The van der Waals surface area contributed by atoms with Gasteiger partial charge in [0.15, 0.2) is 5.17 Å². The Morgan fingerprint density at radius 2 is 1.91 bits per heavy atom. The number of hydrogen-bond acceptors (Lipinski definition) is 5. The van der Waals surface area contributed by atoms with Gasteiger partial charge in [0.1, 0.15) is 0 Å². The van der Waals surface area contributed by atoms with Crippen molar-refractivity contribution in [2.45, 2.75) is 11.8 Å². The van der Waals surface area contributed by atoms with Crippen molar-refractivity contribution in [3.63, 3.8) is 0 Å². The molecule has 1 amide bonds. The van der Waals surface area contributed by atoms with E-state index < -0.39 is 10.0 Å². The minimum atomic E-state index is -3.87. The average Bonchev–Trinajstić information content (AvgIpc) is 2.73. The molecule has 0 aliphatic carbocycles. The fourth-order valence-electron chi connectivity index (χ4n) is 1.84. The minimum Gasteiger partial charge on any atom is -0.382 e. The number of hydrogen-bond donors (Lipinski definition) is 0. The summed E-state index contributed by atoms with van der Waals surface area (Å²) in [5, 5.41) is 0.175. The quantitative estimate of drug-likeness (QED) is 0.703. The molecule has 0 spiro atoms. The third kappa shape index (κ3) is 4.15. The molecule has 1 heterocycles. The molecule has 9 heteroatoms. The molecule has 124 valence electrons. The Labute approximate surface area is 148 Å². The lowest BCUT2D eigenvalue weighted by molar-refractivity contribution is -0.122. The van der Waals surface area contributed by atoms with Crippen LogP contribution >= 0.6 is 27.7 Å². The highest BCUT2D eigenvalue weighted by atomic mass is 79.9. The van der Waals surface area contributed by atoms with Crippen LogP contribution < -0.4 is 0 Å². The lowest BCUT2D eigenvalue weighted by Crippen LogP contribution is -2.29. The zero-order valence-electron chi connectivity index (χ0n) is 12.9. The average molecular weight is 418 g/mol. The Kier molecular flexibility index (Phi) is 5.53. The molecule has 0 aromatic heterocycles. The van der Waals surface area contributed by atoms with Crippen molar-refractivity contribution >= 4 is 48.8 Å². The third-order valence-corrected chi connectivity index (χ3v) is 5.81. The molecule has 0 atom stereocenters. The number of likely N-dealkylation sites (N-methyl/N-ethyl adjacent to an activating group) is 1. The first kappa shape index (κ1) is 18.0. The van der Waals surface area contributed by atoms with E-state index in [2.05, 4.69) is 20.3 Å². The summed E-state index contributed by atoms with van der Waals surface area (Å²) < 4.78 is 29.5. The van der Waals surface area contributed by atoms with Crippen molar-refractivity contribution < 1.29 is 13.2 Å². The van der Waals surface area contributed by atoms with Gasteiger partial charge in [0.2, 0.25) is 0 Å². The fraction of sp³-hybridized carbons (Fsp3) is 0.286. The van der Waals surface area contributed by atoms with Crippen LogP contribution in [0.4, 0.5) is 0 Å². The predicted molar refractivity (Wildman–Crippen MR) is 95.5 cm³/mol. The summed E-state index contributed by atoms with van der Waals surface area (Å²) in [6, 6.07) is 6.21. The smallest absolute Gasteiger partial charge is 0.284 e. The van der Waals surface area contributed by atoms with Gasteiger partial charge in [-0.15, -0.1) is 4.40 Å². The van der Waals surface area contributed by atoms with Gasteiger partial charge in [-0.3, -0.25) is 9.69 Å². The van der Waals surface area contributed by atoms with Gasteiger partial charge in [0.05, 0.1) is 9.80 Å². The SMILES string of the molecule is CCN1C(=O)/C(=C\N(C)C)S/C1=N/S(=O)(=O)c1ccc(Br)cc1. The Hall–Kier alpha value is -1.32. The first-order valence-electron chi connectivity index (χ1n) is 6.73. The summed E-state index contributed by atoms with van der Waals surface area (Å²) in [5.74, 6) is -0.240. The first-order chi connectivity index (χ1) is 10.7. The van der Waals surface area contributed by atoms with Crippen molar-refractivity contribution in [2.24, 2.45) is 4.40 Å². The number of amides is 1. The van der Waals surface area contributed by atoms with Gasteiger partial charge < -0.3 is 4.90 Å². The summed E-state index contributed by atoms with van der Waals surface area (Å²) in [6.07, 6.45) is 1.66. The molecule has 23 heavy (non-hydrogen) atoms. The van der Waals surface area contributed by atoms with Crippen LogP contribution in [0.1, 0.15) is 6.92 Å². The molecule has 1 aromatic rings. The number of sulfonamides is 1. The van der Waals surface area contributed by atoms with E-state index >= 15 is 0 Å². The Morgan fingerprint density at radius 3 is 2.43 bits per heavy atom. The van der Waals surface area contributed by atoms with E-state index in [1.807, 2.05) is 0 Å². The fourth-order valence-corrected chi connectivity index (χ4v) is 4.42. The van der Waals surface area contributed by atoms with Crippen molar-refractivity contribution in [2.75, 3.05) is 20.6 Å². The van der Waals surface area contributed by atoms with Crippen molar-refractivity contribution in [1.29, 1.82) is 0 Å². The predicted octanol–water partition coefficient (Wildman–Crippen LogP) is 2.49. The Morgan fingerprint density at radius 1 is 1.30 bits per heavy atom. The highest BCUT2D eigenvalue weighted by Crippen LogP contribution is 2.32. The molecule has 0 bridgehead atoms. The second kappa shape index (κ2) is 7.06. The number of amidine groups is 1. The van der Waals surface area contributed by atoms with Crippen molar-refractivity contribution in [3.05, 3.63) is 39.8 Å². The van der Waals surface area contributed by atoms with Crippen LogP contribution in [0.3, 0.4) is 0 Å². The van der Waals surface area contributed by atoms with E-state index in [9.17, 15) is 13.2 Å². The number of rotatable bonds is 4. The molecule has 2 rings (SSSR count). The van der Waals surface area contributed by atoms with Gasteiger partial charge in [-0.2, -0.15) is 8.42 Å². The van der Waals surface area contributed by atoms with Gasteiger partial charge in [-0.1, -0.05) is 15.9 Å². The van der Waals surface area contributed by atoms with E-state index in [1.54, 1.807) is 44.3 Å². The van der Waals surface area contributed by atoms with Crippen LogP contribution in [0, 0.1) is 0 Å². The number of benzene rings is 1. The second-order valence-electron chi connectivity index (χ2n) is 4.91. The highest BCUT2D eigenvalue weighted by molar-refractivity contribution is 9.10. The van der Waals surface area contributed by atoms with Crippen molar-refractivity contribution in [3.8, 4) is 0 Å². The molecule has 1 aromatic carbocycles. The van der Waals surface area contributed by atoms with E-state index in [0.717, 1.165) is 16.2 Å². The summed E-state index contributed by atoms with van der Waals surface area (Å²) in [7, 11) is -0.274. The van der Waals surface area contributed by atoms with Crippen LogP contribution in [0.5, 0.6) is 0 Å². The van der Waals surface area contributed by atoms with E-state index in [0.29, 0.717) is 11.4 Å². The van der Waals surface area contributed by atoms with Crippen LogP contribution in [0.15, 0.2) is 49.1 Å². The molecule has 0 saturated carbocycles. The lowest BCUT2D eigenvalue weighted by Gasteiger charge is -2.12.